The topological polar surface area (TPSA) is 47.3 Å². The lowest BCUT2D eigenvalue weighted by molar-refractivity contribution is -0.137. The number of thiocarbonyl (C=S) groups is 1. The molecule has 9 heteroatoms. The number of nitrogens with two attached hydrogens (primary N) is 1. The summed E-state index contributed by atoms with van der Waals surface area (Å²) >= 11 is 4.43. The lowest BCUT2D eigenvalue weighted by Crippen LogP contribution is -2.20. The van der Waals surface area contributed by atoms with Gasteiger partial charge in [-0.15, -0.1) is 0 Å². The van der Waals surface area contributed by atoms with Crippen molar-refractivity contribution in [1.82, 2.24) is 0 Å². The van der Waals surface area contributed by atoms with Crippen molar-refractivity contribution >= 4 is 23.0 Å². The Morgan fingerprint density at radius 1 is 1.33 bits per heavy atom. The van der Waals surface area contributed by atoms with Crippen molar-refractivity contribution in [3.05, 3.63) is 23.8 Å². The molecule has 0 atom stereocenters. The SMILES string of the molecule is NC(=S)Nc1cc(C(F)(F)F)ccc1OC(F)F. The van der Waals surface area contributed by atoms with Gasteiger partial charge in [0.15, 0.2) is 5.11 Å². The molecular weight excluding hydrogens is 279 g/mol. The second-order valence-electron chi connectivity index (χ2n) is 3.08. The van der Waals surface area contributed by atoms with Gasteiger partial charge in [-0.05, 0) is 30.4 Å². The maximum Gasteiger partial charge on any atom is 0.416 e. The number of alkyl halides is 5. The van der Waals surface area contributed by atoms with E-state index in [1.807, 2.05) is 0 Å². The Bertz CT molecular complexity index is 449. The number of anilines is 1. The van der Waals surface area contributed by atoms with Crippen LogP contribution >= 0.6 is 12.2 Å². The van der Waals surface area contributed by atoms with Gasteiger partial charge in [-0.2, -0.15) is 22.0 Å². The van der Waals surface area contributed by atoms with Crippen LogP contribution in [0.4, 0.5) is 27.6 Å². The van der Waals surface area contributed by atoms with Crippen LogP contribution in [0.2, 0.25) is 0 Å². The standard InChI is InChI=1S/C9H7F5N2OS/c10-7(11)17-6-2-1-4(9(12,13)14)3-5(6)16-8(15)18/h1-3,7H,(H3,15,16,18). The van der Waals surface area contributed by atoms with Crippen LogP contribution in [0.25, 0.3) is 0 Å². The monoisotopic (exact) mass is 286 g/mol. The number of rotatable bonds is 3. The fourth-order valence-electron chi connectivity index (χ4n) is 1.14. The molecule has 0 aliphatic carbocycles. The van der Waals surface area contributed by atoms with Gasteiger partial charge < -0.3 is 15.8 Å². The van der Waals surface area contributed by atoms with Gasteiger partial charge in [0.05, 0.1) is 11.3 Å². The minimum Gasteiger partial charge on any atom is -0.433 e. The first-order chi connectivity index (χ1) is 8.20. The van der Waals surface area contributed by atoms with Gasteiger partial charge in [0.25, 0.3) is 0 Å². The smallest absolute Gasteiger partial charge is 0.416 e. The first kappa shape index (κ1) is 14.4. The molecule has 0 heterocycles. The zero-order valence-electron chi connectivity index (χ0n) is 8.59. The summed E-state index contributed by atoms with van der Waals surface area (Å²) in [6.07, 6.45) is -4.62. The van der Waals surface area contributed by atoms with E-state index in [2.05, 4.69) is 22.3 Å². The molecule has 0 unspecified atom stereocenters. The van der Waals surface area contributed by atoms with Crippen LogP contribution in [0.5, 0.6) is 5.75 Å². The third kappa shape index (κ3) is 3.99. The first-order valence-electron chi connectivity index (χ1n) is 4.42. The molecule has 0 aromatic heterocycles. The molecule has 0 aliphatic rings. The highest BCUT2D eigenvalue weighted by molar-refractivity contribution is 7.80. The molecule has 0 fully saturated rings. The van der Waals surface area contributed by atoms with E-state index in [4.69, 9.17) is 5.73 Å². The Labute approximate surface area is 104 Å². The summed E-state index contributed by atoms with van der Waals surface area (Å²) < 4.78 is 65.4. The van der Waals surface area contributed by atoms with Gasteiger partial charge in [-0.3, -0.25) is 0 Å². The predicted octanol–water partition coefficient (Wildman–Crippen LogP) is 2.96. The average molecular weight is 286 g/mol. The first-order valence-corrected chi connectivity index (χ1v) is 4.83. The van der Waals surface area contributed by atoms with E-state index >= 15 is 0 Å². The van der Waals surface area contributed by atoms with E-state index in [1.165, 1.54) is 0 Å². The molecule has 0 spiro atoms. The van der Waals surface area contributed by atoms with Gasteiger partial charge in [0.1, 0.15) is 5.75 Å². The number of hydrogen-bond acceptors (Lipinski definition) is 2. The van der Waals surface area contributed by atoms with Crippen LogP contribution in [0.1, 0.15) is 5.56 Å². The molecule has 0 radical (unpaired) electrons. The Morgan fingerprint density at radius 3 is 2.39 bits per heavy atom. The van der Waals surface area contributed by atoms with E-state index in [9.17, 15) is 22.0 Å². The van der Waals surface area contributed by atoms with Gasteiger partial charge in [0.2, 0.25) is 0 Å². The third-order valence-corrected chi connectivity index (χ3v) is 1.88. The molecule has 0 saturated carbocycles. The van der Waals surface area contributed by atoms with Crippen LogP contribution in [0.15, 0.2) is 18.2 Å². The van der Waals surface area contributed by atoms with Crippen molar-refractivity contribution in [3.63, 3.8) is 0 Å². The molecule has 1 aromatic rings. The number of benzene rings is 1. The summed E-state index contributed by atoms with van der Waals surface area (Å²) in [4.78, 5) is 0. The van der Waals surface area contributed by atoms with Crippen LogP contribution in [0, 0.1) is 0 Å². The van der Waals surface area contributed by atoms with Crippen molar-refractivity contribution in [3.8, 4) is 5.75 Å². The van der Waals surface area contributed by atoms with E-state index in [0.717, 1.165) is 6.07 Å². The zero-order chi connectivity index (χ0) is 13.9. The molecule has 3 N–H and O–H groups in total. The van der Waals surface area contributed by atoms with Crippen molar-refractivity contribution in [2.24, 2.45) is 5.73 Å². The highest BCUT2D eigenvalue weighted by Gasteiger charge is 2.31. The molecule has 0 saturated heterocycles. The lowest BCUT2D eigenvalue weighted by Gasteiger charge is -2.14. The van der Waals surface area contributed by atoms with Gasteiger partial charge in [-0.25, -0.2) is 0 Å². The fourth-order valence-corrected chi connectivity index (χ4v) is 1.25. The summed E-state index contributed by atoms with van der Waals surface area (Å²) in [5, 5.41) is 1.77. The van der Waals surface area contributed by atoms with Crippen LogP contribution in [-0.2, 0) is 6.18 Å². The van der Waals surface area contributed by atoms with Gasteiger partial charge in [0, 0.05) is 0 Å². The Kier molecular flexibility index (Phi) is 4.28. The quantitative estimate of drug-likeness (QED) is 0.662. The maximum atomic E-state index is 12.4. The van der Waals surface area contributed by atoms with Crippen LogP contribution in [0.3, 0.4) is 0 Å². The van der Waals surface area contributed by atoms with Crippen molar-refractivity contribution in [2.75, 3.05) is 5.32 Å². The largest absolute Gasteiger partial charge is 0.433 e. The molecule has 0 amide bonds. The highest BCUT2D eigenvalue weighted by atomic mass is 32.1. The number of nitrogens with one attached hydrogen (secondary N) is 1. The molecule has 0 bridgehead atoms. The summed E-state index contributed by atoms with van der Waals surface area (Å²) in [6.45, 7) is -3.17. The van der Waals surface area contributed by atoms with Crippen molar-refractivity contribution < 1.29 is 26.7 Å². The number of hydrogen-bond donors (Lipinski definition) is 2. The van der Waals surface area contributed by atoms with Crippen molar-refractivity contribution in [2.45, 2.75) is 12.8 Å². The van der Waals surface area contributed by atoms with Crippen LogP contribution in [-0.4, -0.2) is 11.7 Å². The summed E-state index contributed by atoms with van der Waals surface area (Å²) in [5.74, 6) is -0.481. The maximum absolute atomic E-state index is 12.4. The second-order valence-corrected chi connectivity index (χ2v) is 3.52. The summed E-state index contributed by atoms with van der Waals surface area (Å²) in [5.41, 5.74) is 3.66. The normalized spacial score (nSPS) is 11.4. The Morgan fingerprint density at radius 2 is 1.94 bits per heavy atom. The number of ether oxygens (including phenoxy) is 1. The van der Waals surface area contributed by atoms with Gasteiger partial charge in [-0.1, -0.05) is 0 Å². The Balaban J connectivity index is 3.16. The molecule has 3 nitrogen and oxygen atoms in total. The molecule has 18 heavy (non-hydrogen) atoms. The fraction of sp³-hybridized carbons (Fsp3) is 0.222. The van der Waals surface area contributed by atoms with E-state index in [1.54, 1.807) is 0 Å². The molecular formula is C9H7F5N2OS. The molecule has 0 aliphatic heterocycles. The van der Waals surface area contributed by atoms with Crippen molar-refractivity contribution in [1.29, 1.82) is 0 Å². The molecule has 100 valence electrons. The van der Waals surface area contributed by atoms with E-state index in [-0.39, 0.29) is 10.8 Å². The molecule has 1 aromatic carbocycles. The van der Waals surface area contributed by atoms with Gasteiger partial charge >= 0.3 is 12.8 Å². The second kappa shape index (κ2) is 5.34. The van der Waals surface area contributed by atoms with E-state index in [0.29, 0.717) is 12.1 Å². The highest BCUT2D eigenvalue weighted by Crippen LogP contribution is 2.35. The minimum absolute atomic E-state index is 0.367. The molecule has 1 rings (SSSR count). The lowest BCUT2D eigenvalue weighted by atomic mass is 10.2. The average Bonchev–Trinajstić information content (AvgIpc) is 2.17. The summed E-state index contributed by atoms with van der Waals surface area (Å²) in [7, 11) is 0. The number of halogens is 5. The minimum atomic E-state index is -4.62. The van der Waals surface area contributed by atoms with Crippen LogP contribution < -0.4 is 15.8 Å². The third-order valence-electron chi connectivity index (χ3n) is 1.78. The summed E-state index contributed by atoms with van der Waals surface area (Å²) in [6, 6.07) is 1.95. The zero-order valence-corrected chi connectivity index (χ0v) is 9.41. The van der Waals surface area contributed by atoms with E-state index < -0.39 is 24.1 Å². The Hall–Kier alpha value is -1.64. The predicted molar refractivity (Wildman–Crippen MR) is 58.5 cm³/mol.